The van der Waals surface area contributed by atoms with Crippen LogP contribution in [-0.4, -0.2) is 31.8 Å². The number of rotatable bonds is 5. The molecule has 1 N–H and O–H groups in total. The summed E-state index contributed by atoms with van der Waals surface area (Å²) >= 11 is 0. The molecule has 0 aromatic heterocycles. The Morgan fingerprint density at radius 1 is 1.39 bits per heavy atom. The van der Waals surface area contributed by atoms with Gasteiger partial charge in [0.1, 0.15) is 6.54 Å². The fraction of sp³-hybridized carbons (Fsp3) is 0.154. The van der Waals surface area contributed by atoms with Gasteiger partial charge in [-0.25, -0.2) is 0 Å². The molecule has 0 saturated heterocycles. The number of hydrogen-bond donors (Lipinski definition) is 1. The first-order valence-electron chi connectivity index (χ1n) is 5.17. The fourth-order valence-corrected chi connectivity index (χ4v) is 1.29. The number of hydrogen-bond acceptors (Lipinski definition) is 4. The van der Waals surface area contributed by atoms with Gasteiger partial charge in [0.15, 0.2) is 0 Å². The van der Waals surface area contributed by atoms with Gasteiger partial charge >= 0.3 is 5.97 Å². The van der Waals surface area contributed by atoms with Crippen molar-refractivity contribution < 1.29 is 19.1 Å². The lowest BCUT2D eigenvalue weighted by atomic mass is 10.1. The number of nitrogens with one attached hydrogen (secondary N) is 1. The molecule has 0 aliphatic carbocycles. The van der Waals surface area contributed by atoms with Gasteiger partial charge in [0.05, 0.1) is 7.11 Å². The van der Waals surface area contributed by atoms with E-state index in [0.717, 1.165) is 0 Å². The number of esters is 1. The second-order valence-corrected chi connectivity index (χ2v) is 3.30. The van der Waals surface area contributed by atoms with Crippen LogP contribution < -0.4 is 5.32 Å². The molecule has 18 heavy (non-hydrogen) atoms. The molecule has 0 fully saturated rings. The Morgan fingerprint density at radius 3 is 2.78 bits per heavy atom. The Balaban J connectivity index is 2.81. The monoisotopic (exact) mass is 246 g/mol. The molecule has 1 aromatic carbocycles. The summed E-state index contributed by atoms with van der Waals surface area (Å²) in [5.74, 6) is -0.941. The fourth-order valence-electron chi connectivity index (χ4n) is 1.29. The minimum Gasteiger partial charge on any atom is -0.468 e. The lowest BCUT2D eigenvalue weighted by molar-refractivity contribution is -0.139. The van der Waals surface area contributed by atoms with E-state index in [-0.39, 0.29) is 6.54 Å². The number of methoxy groups -OCH3 is 1. The van der Waals surface area contributed by atoms with Crippen LogP contribution >= 0.6 is 0 Å². The maximum Gasteiger partial charge on any atom is 0.325 e. The molecule has 93 valence electrons. The molecule has 0 atom stereocenters. The van der Waals surface area contributed by atoms with Gasteiger partial charge in [-0.05, 0) is 17.7 Å². The molecule has 1 radical (unpaired) electrons. The highest BCUT2D eigenvalue weighted by Crippen LogP contribution is 2.10. The second kappa shape index (κ2) is 7.01. The predicted molar refractivity (Wildman–Crippen MR) is 65.5 cm³/mol. The standard InChI is InChI=1S/C13H12NO4/c1-18-12(16)9-14-13(17)11-7-3-2-5-10(11)6-4-8-15/h2-7H,9H2,1H3,(H,14,17)/b6-4+. The molecule has 1 amide bonds. The van der Waals surface area contributed by atoms with E-state index in [0.29, 0.717) is 11.1 Å². The van der Waals surface area contributed by atoms with Gasteiger partial charge < -0.3 is 10.1 Å². The molecule has 0 spiro atoms. The first-order chi connectivity index (χ1) is 8.69. The molecule has 0 saturated carbocycles. The van der Waals surface area contributed by atoms with Crippen molar-refractivity contribution in [3.05, 3.63) is 41.5 Å². The van der Waals surface area contributed by atoms with Crippen LogP contribution in [0.3, 0.4) is 0 Å². The summed E-state index contributed by atoms with van der Waals surface area (Å²) in [5, 5.41) is 2.42. The highest BCUT2D eigenvalue weighted by atomic mass is 16.5. The van der Waals surface area contributed by atoms with Crippen molar-refractivity contribution in [1.82, 2.24) is 5.32 Å². The molecular formula is C13H12NO4. The first kappa shape index (κ1) is 13.6. The van der Waals surface area contributed by atoms with Gasteiger partial charge in [-0.1, -0.05) is 24.3 Å². The molecule has 5 nitrogen and oxygen atoms in total. The Hall–Kier alpha value is -2.43. The van der Waals surface area contributed by atoms with Crippen molar-refractivity contribution in [1.29, 1.82) is 0 Å². The molecule has 0 aliphatic heterocycles. The third-order valence-corrected chi connectivity index (χ3v) is 2.16. The normalized spacial score (nSPS) is 10.1. The summed E-state index contributed by atoms with van der Waals surface area (Å²) in [6, 6.07) is 6.70. The van der Waals surface area contributed by atoms with Crippen LogP contribution in [0.15, 0.2) is 30.3 Å². The molecule has 5 heteroatoms. The molecule has 1 rings (SSSR count). The maximum atomic E-state index is 11.8. The van der Waals surface area contributed by atoms with E-state index in [1.807, 2.05) is 0 Å². The lowest BCUT2D eigenvalue weighted by Gasteiger charge is -2.06. The highest BCUT2D eigenvalue weighted by Gasteiger charge is 2.10. The van der Waals surface area contributed by atoms with Gasteiger partial charge in [0, 0.05) is 5.56 Å². The van der Waals surface area contributed by atoms with Crippen LogP contribution in [-0.2, 0) is 14.3 Å². The van der Waals surface area contributed by atoms with Crippen molar-refractivity contribution in [3.8, 4) is 0 Å². The smallest absolute Gasteiger partial charge is 0.325 e. The summed E-state index contributed by atoms with van der Waals surface area (Å²) in [7, 11) is 1.24. The summed E-state index contributed by atoms with van der Waals surface area (Å²) in [5.41, 5.74) is 0.941. The number of benzene rings is 1. The summed E-state index contributed by atoms with van der Waals surface area (Å²) in [4.78, 5) is 32.8. The van der Waals surface area contributed by atoms with E-state index in [1.165, 1.54) is 19.3 Å². The zero-order chi connectivity index (χ0) is 13.4. The predicted octanol–water partition coefficient (Wildman–Crippen LogP) is 0.712. The molecular weight excluding hydrogens is 234 g/mol. The summed E-state index contributed by atoms with van der Waals surface area (Å²) in [6.45, 7) is -0.201. The van der Waals surface area contributed by atoms with Crippen molar-refractivity contribution in [3.63, 3.8) is 0 Å². The zero-order valence-corrected chi connectivity index (χ0v) is 9.80. The zero-order valence-electron chi connectivity index (χ0n) is 9.80. The van der Waals surface area contributed by atoms with Gasteiger partial charge in [-0.2, -0.15) is 0 Å². The quantitative estimate of drug-likeness (QED) is 0.613. The Kier molecular flexibility index (Phi) is 5.31. The molecule has 0 heterocycles. The topological polar surface area (TPSA) is 72.5 Å². The van der Waals surface area contributed by atoms with Crippen molar-refractivity contribution in [2.45, 2.75) is 0 Å². The third-order valence-electron chi connectivity index (χ3n) is 2.16. The molecule has 1 aromatic rings. The second-order valence-electron chi connectivity index (χ2n) is 3.30. The van der Waals surface area contributed by atoms with Gasteiger partial charge in [0.2, 0.25) is 6.29 Å². The van der Waals surface area contributed by atoms with Crippen molar-refractivity contribution in [2.75, 3.05) is 13.7 Å². The van der Waals surface area contributed by atoms with E-state index in [4.69, 9.17) is 0 Å². The van der Waals surface area contributed by atoms with Crippen LogP contribution in [0.5, 0.6) is 0 Å². The van der Waals surface area contributed by atoms with Crippen molar-refractivity contribution in [2.24, 2.45) is 0 Å². The number of amides is 1. The van der Waals surface area contributed by atoms with Crippen LogP contribution in [0.1, 0.15) is 15.9 Å². The summed E-state index contributed by atoms with van der Waals surface area (Å²) < 4.78 is 4.41. The first-order valence-corrected chi connectivity index (χ1v) is 5.17. The Morgan fingerprint density at radius 2 is 2.11 bits per heavy atom. The van der Waals surface area contributed by atoms with Crippen LogP contribution in [0.25, 0.3) is 6.08 Å². The van der Waals surface area contributed by atoms with Crippen molar-refractivity contribution >= 4 is 24.2 Å². The number of carbonyl (C=O) groups is 2. The van der Waals surface area contributed by atoms with E-state index >= 15 is 0 Å². The lowest BCUT2D eigenvalue weighted by Crippen LogP contribution is -2.30. The Labute approximate surface area is 104 Å². The minimum atomic E-state index is -0.530. The minimum absolute atomic E-state index is 0.201. The molecule has 0 unspecified atom stereocenters. The maximum absolute atomic E-state index is 11.8. The third kappa shape index (κ3) is 3.86. The average Bonchev–Trinajstić information content (AvgIpc) is 2.42. The van der Waals surface area contributed by atoms with Crippen LogP contribution in [0, 0.1) is 0 Å². The Bertz CT molecular complexity index is 480. The highest BCUT2D eigenvalue weighted by molar-refractivity contribution is 5.99. The SMILES string of the molecule is COC(=O)CNC(=O)c1ccccc1/C=C/[C]=O. The number of allylic oxidation sites excluding steroid dienone is 1. The van der Waals surface area contributed by atoms with E-state index in [2.05, 4.69) is 10.1 Å². The number of carbonyl (C=O) groups excluding carboxylic acids is 3. The van der Waals surface area contributed by atoms with E-state index in [9.17, 15) is 14.4 Å². The number of ether oxygens (including phenoxy) is 1. The summed E-state index contributed by atoms with van der Waals surface area (Å²) in [6.07, 6.45) is 4.25. The van der Waals surface area contributed by atoms with Gasteiger partial charge in [-0.15, -0.1) is 0 Å². The van der Waals surface area contributed by atoms with Gasteiger partial charge in [-0.3, -0.25) is 14.4 Å². The van der Waals surface area contributed by atoms with E-state index in [1.54, 1.807) is 30.6 Å². The average molecular weight is 246 g/mol. The van der Waals surface area contributed by atoms with Crippen LogP contribution in [0.2, 0.25) is 0 Å². The van der Waals surface area contributed by atoms with E-state index < -0.39 is 11.9 Å². The van der Waals surface area contributed by atoms with Crippen LogP contribution in [0.4, 0.5) is 0 Å². The molecule has 0 bridgehead atoms. The largest absolute Gasteiger partial charge is 0.468 e. The van der Waals surface area contributed by atoms with Gasteiger partial charge in [0.25, 0.3) is 5.91 Å². The molecule has 0 aliphatic rings.